The van der Waals surface area contributed by atoms with Crippen molar-refractivity contribution in [1.29, 1.82) is 0 Å². The fourth-order valence-electron chi connectivity index (χ4n) is 1.66. The van der Waals surface area contributed by atoms with Crippen LogP contribution >= 0.6 is 0 Å². The van der Waals surface area contributed by atoms with Gasteiger partial charge in [0.25, 0.3) is 5.91 Å². The summed E-state index contributed by atoms with van der Waals surface area (Å²) in [7, 11) is 1.74. The van der Waals surface area contributed by atoms with Gasteiger partial charge in [-0.2, -0.15) is 0 Å². The summed E-state index contributed by atoms with van der Waals surface area (Å²) in [4.78, 5) is 24.3. The number of aromatic nitrogens is 3. The Labute approximate surface area is 111 Å². The SMILES string of the molecule is CNc1cnc(C(=O)Nc2cc(C)cc(C)n2)cn1. The molecule has 0 radical (unpaired) electrons. The lowest BCUT2D eigenvalue weighted by Gasteiger charge is -2.06. The number of amides is 1. The maximum absolute atomic E-state index is 12.0. The third-order valence-electron chi connectivity index (χ3n) is 2.48. The van der Waals surface area contributed by atoms with E-state index in [9.17, 15) is 4.79 Å². The Morgan fingerprint density at radius 2 is 1.89 bits per heavy atom. The van der Waals surface area contributed by atoms with Crippen LogP contribution in [0.3, 0.4) is 0 Å². The number of hydrogen-bond acceptors (Lipinski definition) is 5. The fourth-order valence-corrected chi connectivity index (χ4v) is 1.66. The summed E-state index contributed by atoms with van der Waals surface area (Å²) in [6.07, 6.45) is 2.92. The fraction of sp³-hybridized carbons (Fsp3) is 0.231. The third kappa shape index (κ3) is 3.25. The molecule has 0 saturated carbocycles. The van der Waals surface area contributed by atoms with Gasteiger partial charge in [0.05, 0.1) is 12.4 Å². The standard InChI is InChI=1S/C13H15N5O/c1-8-4-9(2)17-11(5-8)18-13(19)10-6-16-12(14-3)7-15-10/h4-7H,1-3H3,(H,14,16)(H,17,18,19). The first-order chi connectivity index (χ1) is 9.08. The average Bonchev–Trinajstić information content (AvgIpc) is 2.37. The van der Waals surface area contributed by atoms with Crippen LogP contribution in [0.4, 0.5) is 11.6 Å². The van der Waals surface area contributed by atoms with Crippen molar-refractivity contribution in [2.24, 2.45) is 0 Å². The van der Waals surface area contributed by atoms with Crippen molar-refractivity contribution in [1.82, 2.24) is 15.0 Å². The molecule has 0 spiro atoms. The lowest BCUT2D eigenvalue weighted by Crippen LogP contribution is -2.15. The minimum Gasteiger partial charge on any atom is -0.372 e. The van der Waals surface area contributed by atoms with Gasteiger partial charge in [0, 0.05) is 12.7 Å². The Hall–Kier alpha value is -2.50. The Morgan fingerprint density at radius 3 is 2.47 bits per heavy atom. The number of carbonyl (C=O) groups excluding carboxylic acids is 1. The number of anilines is 2. The predicted octanol–water partition coefficient (Wildman–Crippen LogP) is 1.78. The number of rotatable bonds is 3. The lowest BCUT2D eigenvalue weighted by molar-refractivity contribution is 0.102. The summed E-state index contributed by atoms with van der Waals surface area (Å²) in [6, 6.07) is 3.75. The van der Waals surface area contributed by atoms with E-state index in [0.717, 1.165) is 11.3 Å². The van der Waals surface area contributed by atoms with Crippen LogP contribution in [0.25, 0.3) is 0 Å². The summed E-state index contributed by atoms with van der Waals surface area (Å²) < 4.78 is 0. The molecule has 0 aliphatic heterocycles. The molecule has 2 N–H and O–H groups in total. The van der Waals surface area contributed by atoms with Gasteiger partial charge in [-0.1, -0.05) is 0 Å². The second kappa shape index (κ2) is 5.43. The molecule has 0 unspecified atom stereocenters. The molecule has 0 bridgehead atoms. The summed E-state index contributed by atoms with van der Waals surface area (Å²) >= 11 is 0. The minimum atomic E-state index is -0.326. The number of hydrogen-bond donors (Lipinski definition) is 2. The first kappa shape index (κ1) is 12.9. The number of aryl methyl sites for hydroxylation is 2. The highest BCUT2D eigenvalue weighted by molar-refractivity contribution is 6.02. The van der Waals surface area contributed by atoms with Crippen molar-refractivity contribution in [2.75, 3.05) is 17.7 Å². The van der Waals surface area contributed by atoms with Crippen LogP contribution in [0.5, 0.6) is 0 Å². The van der Waals surface area contributed by atoms with Gasteiger partial charge >= 0.3 is 0 Å². The molecule has 2 aromatic heterocycles. The molecule has 0 saturated heterocycles. The number of nitrogens with one attached hydrogen (secondary N) is 2. The van der Waals surface area contributed by atoms with Gasteiger partial charge in [0.15, 0.2) is 0 Å². The van der Waals surface area contributed by atoms with E-state index >= 15 is 0 Å². The summed E-state index contributed by atoms with van der Waals surface area (Å²) in [5.74, 6) is 0.802. The molecule has 2 aromatic rings. The molecular formula is C13H15N5O. The van der Waals surface area contributed by atoms with E-state index < -0.39 is 0 Å². The zero-order chi connectivity index (χ0) is 13.8. The second-order valence-electron chi connectivity index (χ2n) is 4.16. The second-order valence-corrected chi connectivity index (χ2v) is 4.16. The summed E-state index contributed by atoms with van der Waals surface area (Å²) in [5, 5.41) is 5.54. The molecular weight excluding hydrogens is 242 g/mol. The third-order valence-corrected chi connectivity index (χ3v) is 2.48. The summed E-state index contributed by atoms with van der Waals surface area (Å²) in [5.41, 5.74) is 2.14. The van der Waals surface area contributed by atoms with Crippen LogP contribution in [-0.4, -0.2) is 27.9 Å². The zero-order valence-electron chi connectivity index (χ0n) is 11.1. The smallest absolute Gasteiger partial charge is 0.277 e. The summed E-state index contributed by atoms with van der Waals surface area (Å²) in [6.45, 7) is 3.83. The van der Waals surface area contributed by atoms with Gasteiger partial charge < -0.3 is 10.6 Å². The van der Waals surface area contributed by atoms with Gasteiger partial charge in [-0.25, -0.2) is 15.0 Å². The van der Waals surface area contributed by atoms with Gasteiger partial charge in [0.1, 0.15) is 17.3 Å². The topological polar surface area (TPSA) is 79.8 Å². The number of nitrogens with zero attached hydrogens (tertiary/aromatic N) is 3. The maximum atomic E-state index is 12.0. The van der Waals surface area contributed by atoms with Gasteiger partial charge in [-0.3, -0.25) is 4.79 Å². The predicted molar refractivity (Wildman–Crippen MR) is 73.2 cm³/mol. The zero-order valence-corrected chi connectivity index (χ0v) is 11.1. The van der Waals surface area contributed by atoms with Gasteiger partial charge in [0.2, 0.25) is 0 Å². The van der Waals surface area contributed by atoms with E-state index in [1.54, 1.807) is 13.1 Å². The van der Waals surface area contributed by atoms with E-state index in [0.29, 0.717) is 11.6 Å². The Bertz CT molecular complexity index is 574. The van der Waals surface area contributed by atoms with E-state index in [1.165, 1.54) is 12.4 Å². The van der Waals surface area contributed by atoms with Gasteiger partial charge in [-0.15, -0.1) is 0 Å². The van der Waals surface area contributed by atoms with Crippen LogP contribution in [-0.2, 0) is 0 Å². The quantitative estimate of drug-likeness (QED) is 0.876. The number of carbonyl (C=O) groups is 1. The molecule has 6 heteroatoms. The molecule has 1 amide bonds. The van der Waals surface area contributed by atoms with Crippen molar-refractivity contribution in [2.45, 2.75) is 13.8 Å². The Morgan fingerprint density at radius 1 is 1.11 bits per heavy atom. The van der Waals surface area contributed by atoms with Crippen molar-refractivity contribution in [3.05, 3.63) is 41.5 Å². The molecule has 0 aromatic carbocycles. The normalized spacial score (nSPS) is 10.1. The molecule has 2 heterocycles. The average molecular weight is 257 g/mol. The van der Waals surface area contributed by atoms with Crippen LogP contribution in [0.1, 0.15) is 21.7 Å². The number of pyridine rings is 1. The monoisotopic (exact) mass is 257 g/mol. The largest absolute Gasteiger partial charge is 0.372 e. The van der Waals surface area contributed by atoms with Crippen LogP contribution in [0.2, 0.25) is 0 Å². The molecule has 2 rings (SSSR count). The van der Waals surface area contributed by atoms with E-state index in [-0.39, 0.29) is 11.6 Å². The van der Waals surface area contributed by atoms with Crippen LogP contribution < -0.4 is 10.6 Å². The molecule has 0 aliphatic rings. The highest BCUT2D eigenvalue weighted by Crippen LogP contribution is 2.10. The van der Waals surface area contributed by atoms with E-state index in [2.05, 4.69) is 25.6 Å². The molecule has 0 fully saturated rings. The van der Waals surface area contributed by atoms with Crippen molar-refractivity contribution < 1.29 is 4.79 Å². The first-order valence-corrected chi connectivity index (χ1v) is 5.85. The highest BCUT2D eigenvalue weighted by atomic mass is 16.1. The van der Waals surface area contributed by atoms with Crippen molar-refractivity contribution >= 4 is 17.5 Å². The Balaban J connectivity index is 2.15. The minimum absolute atomic E-state index is 0.250. The maximum Gasteiger partial charge on any atom is 0.277 e. The van der Waals surface area contributed by atoms with Crippen molar-refractivity contribution in [3.63, 3.8) is 0 Å². The molecule has 6 nitrogen and oxygen atoms in total. The Kier molecular flexibility index (Phi) is 3.70. The molecule has 19 heavy (non-hydrogen) atoms. The van der Waals surface area contributed by atoms with E-state index in [4.69, 9.17) is 0 Å². The molecule has 0 aliphatic carbocycles. The molecule has 98 valence electrons. The van der Waals surface area contributed by atoms with Crippen molar-refractivity contribution in [3.8, 4) is 0 Å². The van der Waals surface area contributed by atoms with Crippen LogP contribution in [0, 0.1) is 13.8 Å². The van der Waals surface area contributed by atoms with E-state index in [1.807, 2.05) is 19.9 Å². The highest BCUT2D eigenvalue weighted by Gasteiger charge is 2.09. The lowest BCUT2D eigenvalue weighted by atomic mass is 10.2. The van der Waals surface area contributed by atoms with Crippen LogP contribution in [0.15, 0.2) is 24.5 Å². The first-order valence-electron chi connectivity index (χ1n) is 5.85. The molecule has 0 atom stereocenters. The van der Waals surface area contributed by atoms with Gasteiger partial charge in [-0.05, 0) is 31.5 Å².